The number of alkyl halides is 3. The van der Waals surface area contributed by atoms with Crippen molar-refractivity contribution in [3.63, 3.8) is 0 Å². The number of benzene rings is 2. The number of hydrogen-bond donors (Lipinski definition) is 1. The Morgan fingerprint density at radius 3 is 2.15 bits per heavy atom. The highest BCUT2D eigenvalue weighted by molar-refractivity contribution is 6.62. The molecular weight excluding hydrogens is 358 g/mol. The number of anilines is 1. The Balaban J connectivity index is 1.81. The summed E-state index contributed by atoms with van der Waals surface area (Å²) >= 11 is 0. The third kappa shape index (κ3) is 3.91. The van der Waals surface area contributed by atoms with Gasteiger partial charge in [-0.3, -0.25) is 0 Å². The highest BCUT2D eigenvalue weighted by atomic mass is 19.4. The molecule has 0 atom stereocenters. The van der Waals surface area contributed by atoms with Crippen LogP contribution in [-0.4, -0.2) is 18.3 Å². The van der Waals surface area contributed by atoms with Gasteiger partial charge < -0.3 is 19.8 Å². The van der Waals surface area contributed by atoms with E-state index in [1.807, 2.05) is 27.7 Å². The molecule has 0 unspecified atom stereocenters. The summed E-state index contributed by atoms with van der Waals surface area (Å²) in [6.45, 7) is 7.78. The first-order valence-corrected chi connectivity index (χ1v) is 8.49. The van der Waals surface area contributed by atoms with E-state index in [-0.39, 0.29) is 17.2 Å². The van der Waals surface area contributed by atoms with Gasteiger partial charge in [0.2, 0.25) is 0 Å². The molecule has 27 heavy (non-hydrogen) atoms. The highest BCUT2D eigenvalue weighted by Gasteiger charge is 2.51. The zero-order valence-electron chi connectivity index (χ0n) is 15.6. The molecule has 1 fully saturated rings. The average Bonchev–Trinajstić information content (AvgIpc) is 2.77. The second kappa shape index (κ2) is 6.46. The van der Waals surface area contributed by atoms with E-state index in [0.717, 1.165) is 12.1 Å². The number of rotatable bonds is 3. The standard InChI is InChI=1S/C19H21BF3NO3/c1-17(2)18(3,4)27-20(26-17)13-8-9-16(15(24)11-13)25-14-7-5-6-12(10-14)19(21,22)23/h5-11H,24H2,1-4H3. The maximum absolute atomic E-state index is 12.8. The van der Waals surface area contributed by atoms with E-state index in [1.165, 1.54) is 12.1 Å². The van der Waals surface area contributed by atoms with E-state index in [9.17, 15) is 13.2 Å². The number of halogens is 3. The van der Waals surface area contributed by atoms with E-state index in [4.69, 9.17) is 19.8 Å². The second-order valence-corrected chi connectivity index (χ2v) is 7.51. The van der Waals surface area contributed by atoms with Crippen molar-refractivity contribution >= 4 is 18.3 Å². The van der Waals surface area contributed by atoms with Gasteiger partial charge in [-0.05, 0) is 63.5 Å². The Hall–Kier alpha value is -2.19. The van der Waals surface area contributed by atoms with Crippen LogP contribution in [0.4, 0.5) is 18.9 Å². The average molecular weight is 379 g/mol. The van der Waals surface area contributed by atoms with Crippen molar-refractivity contribution in [1.82, 2.24) is 0 Å². The molecule has 0 amide bonds. The lowest BCUT2D eigenvalue weighted by Gasteiger charge is -2.32. The van der Waals surface area contributed by atoms with Crippen molar-refractivity contribution in [1.29, 1.82) is 0 Å². The minimum atomic E-state index is -4.44. The lowest BCUT2D eigenvalue weighted by molar-refractivity contribution is -0.137. The van der Waals surface area contributed by atoms with Gasteiger partial charge in [-0.25, -0.2) is 0 Å². The molecule has 0 aromatic heterocycles. The predicted octanol–water partition coefficient (Wildman–Crippen LogP) is 4.38. The van der Waals surface area contributed by atoms with Crippen molar-refractivity contribution in [2.45, 2.75) is 45.1 Å². The molecule has 0 radical (unpaired) electrons. The van der Waals surface area contributed by atoms with Gasteiger partial charge in [0.25, 0.3) is 0 Å². The second-order valence-electron chi connectivity index (χ2n) is 7.51. The largest absolute Gasteiger partial charge is 0.494 e. The minimum Gasteiger partial charge on any atom is -0.455 e. The predicted molar refractivity (Wildman–Crippen MR) is 98.1 cm³/mol. The third-order valence-corrected chi connectivity index (χ3v) is 4.95. The summed E-state index contributed by atoms with van der Waals surface area (Å²) in [7, 11) is -0.583. The summed E-state index contributed by atoms with van der Waals surface area (Å²) < 4.78 is 56.0. The van der Waals surface area contributed by atoms with Crippen molar-refractivity contribution in [3.8, 4) is 11.5 Å². The molecule has 2 aromatic rings. The van der Waals surface area contributed by atoms with E-state index < -0.39 is 30.1 Å². The fourth-order valence-electron chi connectivity index (χ4n) is 2.65. The summed E-state index contributed by atoms with van der Waals surface area (Å²) in [6, 6.07) is 9.60. The van der Waals surface area contributed by atoms with Crippen LogP contribution in [0.2, 0.25) is 0 Å². The Labute approximate surface area is 156 Å². The Morgan fingerprint density at radius 1 is 0.963 bits per heavy atom. The van der Waals surface area contributed by atoms with Crippen molar-refractivity contribution in [2.75, 3.05) is 5.73 Å². The molecule has 4 nitrogen and oxygen atoms in total. The van der Waals surface area contributed by atoms with Gasteiger partial charge in [0.15, 0.2) is 0 Å². The first kappa shape index (κ1) is 19.6. The third-order valence-electron chi connectivity index (χ3n) is 4.95. The monoisotopic (exact) mass is 379 g/mol. The van der Waals surface area contributed by atoms with Gasteiger partial charge in [-0.2, -0.15) is 13.2 Å². The number of hydrogen-bond acceptors (Lipinski definition) is 4. The van der Waals surface area contributed by atoms with Gasteiger partial charge in [-0.15, -0.1) is 0 Å². The molecule has 0 spiro atoms. The number of nitrogens with two attached hydrogens (primary N) is 1. The maximum atomic E-state index is 12.8. The minimum absolute atomic E-state index is 0.0555. The summed E-state index contributed by atoms with van der Waals surface area (Å²) in [5, 5.41) is 0. The molecule has 1 heterocycles. The van der Waals surface area contributed by atoms with Crippen molar-refractivity contribution < 1.29 is 27.2 Å². The Kier molecular flexibility index (Phi) is 4.68. The molecule has 0 aliphatic carbocycles. The topological polar surface area (TPSA) is 53.7 Å². The lowest BCUT2D eigenvalue weighted by Crippen LogP contribution is -2.41. The zero-order chi connectivity index (χ0) is 20.0. The van der Waals surface area contributed by atoms with E-state index in [0.29, 0.717) is 5.46 Å². The molecular formula is C19H21BF3NO3. The Morgan fingerprint density at radius 2 is 1.59 bits per heavy atom. The van der Waals surface area contributed by atoms with Crippen LogP contribution in [0.1, 0.15) is 33.3 Å². The van der Waals surface area contributed by atoms with E-state index >= 15 is 0 Å². The molecule has 1 aliphatic heterocycles. The van der Waals surface area contributed by atoms with Crippen LogP contribution < -0.4 is 15.9 Å². The fraction of sp³-hybridized carbons (Fsp3) is 0.368. The van der Waals surface area contributed by atoms with E-state index in [2.05, 4.69) is 0 Å². The van der Waals surface area contributed by atoms with Crippen LogP contribution in [0.25, 0.3) is 0 Å². The lowest BCUT2D eigenvalue weighted by atomic mass is 9.79. The number of nitrogen functional groups attached to an aromatic ring is 1. The van der Waals surface area contributed by atoms with Crippen molar-refractivity contribution in [3.05, 3.63) is 48.0 Å². The summed E-state index contributed by atoms with van der Waals surface area (Å²) in [5.41, 5.74) is 5.27. The molecule has 1 aliphatic rings. The van der Waals surface area contributed by atoms with Crippen LogP contribution >= 0.6 is 0 Å². The number of ether oxygens (including phenoxy) is 1. The van der Waals surface area contributed by atoms with Crippen LogP contribution in [-0.2, 0) is 15.5 Å². The van der Waals surface area contributed by atoms with Crippen LogP contribution in [0, 0.1) is 0 Å². The molecule has 3 rings (SSSR count). The molecule has 2 N–H and O–H groups in total. The van der Waals surface area contributed by atoms with Gasteiger partial charge >= 0.3 is 13.3 Å². The molecule has 2 aromatic carbocycles. The fourth-order valence-corrected chi connectivity index (χ4v) is 2.65. The molecule has 8 heteroatoms. The maximum Gasteiger partial charge on any atom is 0.494 e. The van der Waals surface area contributed by atoms with Crippen LogP contribution in [0.3, 0.4) is 0 Å². The molecule has 0 bridgehead atoms. The molecule has 1 saturated heterocycles. The summed E-state index contributed by atoms with van der Waals surface area (Å²) in [4.78, 5) is 0. The SMILES string of the molecule is CC1(C)OB(c2ccc(Oc3cccc(C(F)(F)F)c3)c(N)c2)OC1(C)C. The Bertz CT molecular complexity index is 836. The van der Waals surface area contributed by atoms with Gasteiger partial charge in [0, 0.05) is 0 Å². The van der Waals surface area contributed by atoms with E-state index in [1.54, 1.807) is 18.2 Å². The summed E-state index contributed by atoms with van der Waals surface area (Å²) in [6.07, 6.45) is -4.44. The molecule has 0 saturated carbocycles. The zero-order valence-corrected chi connectivity index (χ0v) is 15.6. The van der Waals surface area contributed by atoms with Gasteiger partial charge in [0.05, 0.1) is 22.5 Å². The van der Waals surface area contributed by atoms with Crippen LogP contribution in [0.5, 0.6) is 11.5 Å². The highest BCUT2D eigenvalue weighted by Crippen LogP contribution is 2.37. The first-order valence-electron chi connectivity index (χ1n) is 8.49. The van der Waals surface area contributed by atoms with Gasteiger partial charge in [0.1, 0.15) is 11.5 Å². The first-order chi connectivity index (χ1) is 12.4. The van der Waals surface area contributed by atoms with Gasteiger partial charge in [-0.1, -0.05) is 12.1 Å². The normalized spacial score (nSPS) is 18.6. The van der Waals surface area contributed by atoms with Crippen LogP contribution in [0.15, 0.2) is 42.5 Å². The smallest absolute Gasteiger partial charge is 0.455 e. The van der Waals surface area contributed by atoms with Crippen molar-refractivity contribution in [2.24, 2.45) is 0 Å². The molecule has 144 valence electrons. The quantitative estimate of drug-likeness (QED) is 0.635. The summed E-state index contributed by atoms with van der Waals surface area (Å²) in [5.74, 6) is 0.314.